The predicted molar refractivity (Wildman–Crippen MR) is 65.5 cm³/mol. The number of nitrogens with zero attached hydrogens (tertiary/aromatic N) is 1. The van der Waals surface area contributed by atoms with Gasteiger partial charge in [0.15, 0.2) is 0 Å². The molecular weight excluding hydrogens is 424 g/mol. The van der Waals surface area contributed by atoms with Crippen LogP contribution in [-0.2, 0) is 19.6 Å². The van der Waals surface area contributed by atoms with E-state index in [0.29, 0.717) is 44.2 Å². The van der Waals surface area contributed by atoms with Gasteiger partial charge in [0.05, 0.1) is 6.61 Å². The molecule has 0 radical (unpaired) electrons. The molecule has 0 spiro atoms. The van der Waals surface area contributed by atoms with Crippen molar-refractivity contribution < 1.29 is 43.7 Å². The number of carbonyl (C=O) groups excluding carboxylic acids is 1. The van der Waals surface area contributed by atoms with Gasteiger partial charge in [-0.05, 0) is 12.0 Å². The van der Waals surface area contributed by atoms with Gasteiger partial charge in [-0.2, -0.15) is 0 Å². The first-order valence-corrected chi connectivity index (χ1v) is 6.79. The second-order valence-corrected chi connectivity index (χ2v) is 4.52. The van der Waals surface area contributed by atoms with Crippen molar-refractivity contribution in [3.05, 3.63) is 23.8 Å². The number of benzene rings is 1. The summed E-state index contributed by atoms with van der Waals surface area (Å²) in [7, 11) is -1.71. The van der Waals surface area contributed by atoms with E-state index in [1.54, 1.807) is 12.1 Å². The summed E-state index contributed by atoms with van der Waals surface area (Å²) in [5, 5.41) is 18.4. The van der Waals surface area contributed by atoms with Gasteiger partial charge in [-0.25, -0.2) is 0 Å². The third-order valence-electron chi connectivity index (χ3n) is 2.06. The summed E-state index contributed by atoms with van der Waals surface area (Å²) >= 11 is 0.630. The Morgan fingerprint density at radius 3 is 2.53 bits per heavy atom. The van der Waals surface area contributed by atoms with Gasteiger partial charge in [0.25, 0.3) is 0 Å². The average molecular weight is 439 g/mol. The van der Waals surface area contributed by atoms with E-state index in [4.69, 9.17) is 4.74 Å². The third kappa shape index (κ3) is 6.71. The first-order valence-electron chi connectivity index (χ1n) is 5.48. The fraction of sp³-hybridized carbons (Fsp3) is 0.364. The molecule has 1 aromatic carbocycles. The first-order chi connectivity index (χ1) is 8.97. The molecular formula is C11H15BFNO4W. The van der Waals surface area contributed by atoms with Crippen LogP contribution in [0.4, 0.5) is 4.48 Å². The molecule has 104 valence electrons. The van der Waals surface area contributed by atoms with E-state index in [1.165, 1.54) is 6.07 Å². The Balaban J connectivity index is 0.000000982. The van der Waals surface area contributed by atoms with Crippen molar-refractivity contribution in [3.63, 3.8) is 0 Å². The van der Waals surface area contributed by atoms with Gasteiger partial charge >= 0.3 is 34.9 Å². The van der Waals surface area contributed by atoms with Crippen LogP contribution in [0.15, 0.2) is 21.9 Å². The minimum atomic E-state index is -1.71. The summed E-state index contributed by atoms with van der Waals surface area (Å²) in [6.45, 7) is 4.43. The first kappa shape index (κ1) is 18.1. The number of carbonyl (C=O) groups is 1. The molecule has 8 heteroatoms. The van der Waals surface area contributed by atoms with Gasteiger partial charge in [0.1, 0.15) is 12.0 Å². The molecule has 2 N–H and O–H groups in total. The number of hydrogen-bond acceptors (Lipinski definition) is 5. The molecule has 1 rings (SSSR count). The second kappa shape index (κ2) is 9.95. The number of hydrogen-bond donors (Lipinski definition) is 2. The van der Waals surface area contributed by atoms with Gasteiger partial charge in [0, 0.05) is 11.0 Å². The molecule has 0 amide bonds. The summed E-state index contributed by atoms with van der Waals surface area (Å²) in [5.41, 5.74) is 0.356. The molecule has 0 aliphatic heterocycles. The number of ether oxygens (including phenoxy) is 1. The Hall–Kier alpha value is -0.907. The Bertz CT molecular complexity index is 418. The Morgan fingerprint density at radius 1 is 1.53 bits per heavy atom. The average Bonchev–Trinajstić information content (AvgIpc) is 2.36. The van der Waals surface area contributed by atoms with Crippen molar-refractivity contribution in [1.82, 2.24) is 0 Å². The van der Waals surface area contributed by atoms with E-state index < -0.39 is 7.12 Å². The zero-order valence-corrected chi connectivity index (χ0v) is 13.5. The molecule has 19 heavy (non-hydrogen) atoms. The van der Waals surface area contributed by atoms with E-state index in [0.717, 1.165) is 0 Å². The molecule has 0 saturated heterocycles. The van der Waals surface area contributed by atoms with Gasteiger partial charge in [0.2, 0.25) is 0 Å². The van der Waals surface area contributed by atoms with Crippen molar-refractivity contribution in [2.75, 3.05) is 6.61 Å². The molecule has 0 fully saturated rings. The number of rotatable bonds is 5. The van der Waals surface area contributed by atoms with Crippen LogP contribution in [-0.4, -0.2) is 30.1 Å². The summed E-state index contributed by atoms with van der Waals surface area (Å²) in [6.07, 6.45) is 0.580. The predicted octanol–water partition coefficient (Wildman–Crippen LogP) is 0.815. The minimum absolute atomic E-state index is 0.123. The number of halogens is 1. The van der Waals surface area contributed by atoms with E-state index in [-0.39, 0.29) is 11.0 Å². The summed E-state index contributed by atoms with van der Waals surface area (Å²) in [6, 6.07) is 4.78. The van der Waals surface area contributed by atoms with Crippen LogP contribution in [0.5, 0.6) is 5.75 Å². The summed E-state index contributed by atoms with van der Waals surface area (Å²) < 4.78 is 17.5. The fourth-order valence-corrected chi connectivity index (χ4v) is 1.32. The van der Waals surface area contributed by atoms with E-state index >= 15 is 0 Å². The molecule has 0 heterocycles. The van der Waals surface area contributed by atoms with Crippen LogP contribution >= 0.6 is 0 Å². The van der Waals surface area contributed by atoms with Crippen molar-refractivity contribution in [2.45, 2.75) is 13.8 Å². The van der Waals surface area contributed by atoms with Gasteiger partial charge < -0.3 is 14.8 Å². The summed E-state index contributed by atoms with van der Waals surface area (Å²) in [5.74, 6) is 0.664. The van der Waals surface area contributed by atoms with Crippen molar-refractivity contribution in [3.8, 4) is 5.75 Å². The second-order valence-electron chi connectivity index (χ2n) is 4.02. The molecule has 5 nitrogen and oxygen atoms in total. The molecule has 0 bridgehead atoms. The Kier molecular flexibility index (Phi) is 9.48. The van der Waals surface area contributed by atoms with E-state index in [2.05, 4.69) is 3.72 Å². The molecule has 0 aliphatic rings. The standard InChI is InChI=1S/C11H15BO4.FN.W/c1-8(2)7-16-10-5-3-4-9(6-13)11(10)12(14)15;1-2;/h3-6,8,14-15H,7H2,1-2H3;;. The zero-order valence-electron chi connectivity index (χ0n) is 10.6. The zero-order chi connectivity index (χ0) is 14.8. The van der Waals surface area contributed by atoms with E-state index in [1.807, 2.05) is 13.8 Å². The summed E-state index contributed by atoms with van der Waals surface area (Å²) in [4.78, 5) is 10.7. The Morgan fingerprint density at radius 2 is 2.11 bits per heavy atom. The molecule has 0 aromatic heterocycles. The molecule has 0 atom stereocenters. The monoisotopic (exact) mass is 439 g/mol. The van der Waals surface area contributed by atoms with Crippen LogP contribution < -0.4 is 10.2 Å². The molecule has 0 aliphatic carbocycles. The number of aldehydes is 1. The van der Waals surface area contributed by atoms with Crippen LogP contribution in [0.2, 0.25) is 0 Å². The Labute approximate surface area is 122 Å². The van der Waals surface area contributed by atoms with Crippen LogP contribution in [0.1, 0.15) is 24.2 Å². The van der Waals surface area contributed by atoms with Crippen molar-refractivity contribution in [2.24, 2.45) is 9.64 Å². The van der Waals surface area contributed by atoms with E-state index in [9.17, 15) is 19.3 Å². The van der Waals surface area contributed by atoms with Crippen molar-refractivity contribution in [1.29, 1.82) is 0 Å². The van der Waals surface area contributed by atoms with Crippen LogP contribution in [0, 0.1) is 5.92 Å². The quantitative estimate of drug-likeness (QED) is 0.527. The van der Waals surface area contributed by atoms with Gasteiger partial charge in [-0.1, -0.05) is 26.0 Å². The SMILES string of the molecule is CC(C)COc1cccc(C=O)c1B(O)O.F[N]=[W]. The normalized spacial score (nSPS) is 9.37. The maximum absolute atomic E-state index is 10.7. The molecule has 0 saturated carbocycles. The topological polar surface area (TPSA) is 79.1 Å². The van der Waals surface area contributed by atoms with Gasteiger partial charge in [-0.15, -0.1) is 0 Å². The molecule has 0 unspecified atom stereocenters. The fourth-order valence-electron chi connectivity index (χ4n) is 1.32. The van der Waals surface area contributed by atoms with Crippen LogP contribution in [0.3, 0.4) is 0 Å². The third-order valence-corrected chi connectivity index (χ3v) is 2.06. The van der Waals surface area contributed by atoms with Gasteiger partial charge in [-0.3, -0.25) is 4.79 Å². The van der Waals surface area contributed by atoms with Crippen molar-refractivity contribution >= 4 is 18.9 Å². The van der Waals surface area contributed by atoms with Crippen LogP contribution in [0.25, 0.3) is 0 Å². The maximum atomic E-state index is 10.7. The molecule has 1 aromatic rings.